The van der Waals surface area contributed by atoms with Crippen molar-refractivity contribution in [3.05, 3.63) is 57.9 Å². The molecule has 0 saturated heterocycles. The van der Waals surface area contributed by atoms with E-state index in [0.29, 0.717) is 17.4 Å². The predicted octanol–water partition coefficient (Wildman–Crippen LogP) is 4.55. The Morgan fingerprint density at radius 2 is 1.96 bits per heavy atom. The highest BCUT2D eigenvalue weighted by Crippen LogP contribution is 2.34. The third-order valence-electron chi connectivity index (χ3n) is 4.20. The summed E-state index contributed by atoms with van der Waals surface area (Å²) in [5.74, 6) is -0.268. The number of aromatic amines is 1. The molecule has 3 heterocycles. The van der Waals surface area contributed by atoms with Gasteiger partial charge in [0.05, 0.1) is 17.1 Å². The highest BCUT2D eigenvalue weighted by Gasteiger charge is 2.16. The maximum absolute atomic E-state index is 12.6. The average Bonchev–Trinajstić information content (AvgIpc) is 3.37. The molecular formula is C20H18N4O2S2. The van der Waals surface area contributed by atoms with Crippen LogP contribution in [0.15, 0.2) is 42.5 Å². The first-order chi connectivity index (χ1) is 13.5. The molecule has 1 aromatic carbocycles. The maximum Gasteiger partial charge on any atom is 0.273 e. The van der Waals surface area contributed by atoms with Crippen LogP contribution < -0.4 is 10.6 Å². The third-order valence-corrected chi connectivity index (χ3v) is 6.18. The van der Waals surface area contributed by atoms with Gasteiger partial charge in [0.2, 0.25) is 5.91 Å². The smallest absolute Gasteiger partial charge is 0.273 e. The van der Waals surface area contributed by atoms with Crippen molar-refractivity contribution in [2.24, 2.45) is 0 Å². The van der Waals surface area contributed by atoms with Crippen LogP contribution in [-0.4, -0.2) is 21.8 Å². The molecule has 0 saturated carbocycles. The molecule has 28 heavy (non-hydrogen) atoms. The lowest BCUT2D eigenvalue weighted by atomic mass is 10.2. The number of aryl methyl sites for hydroxylation is 1. The number of anilines is 1. The van der Waals surface area contributed by atoms with E-state index >= 15 is 0 Å². The fourth-order valence-electron chi connectivity index (χ4n) is 2.85. The van der Waals surface area contributed by atoms with Crippen LogP contribution in [-0.2, 0) is 11.3 Å². The number of H-pyrrole nitrogens is 1. The Labute approximate surface area is 169 Å². The highest BCUT2D eigenvalue weighted by atomic mass is 32.1. The van der Waals surface area contributed by atoms with Crippen molar-refractivity contribution in [3.63, 3.8) is 0 Å². The Bertz CT molecular complexity index is 1140. The van der Waals surface area contributed by atoms with Crippen LogP contribution in [0.25, 0.3) is 21.5 Å². The number of nitrogens with zero attached hydrogens (tertiary/aromatic N) is 1. The molecule has 4 aromatic rings. The molecule has 0 bridgehead atoms. The summed E-state index contributed by atoms with van der Waals surface area (Å²) in [6.45, 7) is 3.99. The van der Waals surface area contributed by atoms with Crippen molar-refractivity contribution < 1.29 is 9.59 Å². The first-order valence-electron chi connectivity index (χ1n) is 8.69. The molecule has 3 N–H and O–H groups in total. The first kappa shape index (κ1) is 18.4. The number of carbonyl (C=O) groups excluding carboxylic acids is 2. The Hall–Kier alpha value is -2.97. The maximum atomic E-state index is 12.6. The van der Waals surface area contributed by atoms with Gasteiger partial charge in [-0.3, -0.25) is 14.9 Å². The van der Waals surface area contributed by atoms with Gasteiger partial charge in [0.25, 0.3) is 5.91 Å². The first-order valence-corrected chi connectivity index (χ1v) is 10.3. The number of thiophene rings is 1. The summed E-state index contributed by atoms with van der Waals surface area (Å²) < 4.78 is 0. The monoisotopic (exact) mass is 410 g/mol. The summed E-state index contributed by atoms with van der Waals surface area (Å²) in [6.07, 6.45) is 0. The van der Waals surface area contributed by atoms with Crippen molar-refractivity contribution in [2.45, 2.75) is 20.4 Å². The van der Waals surface area contributed by atoms with E-state index in [1.54, 1.807) is 11.3 Å². The topological polar surface area (TPSA) is 86.9 Å². The number of aromatic nitrogens is 2. The zero-order valence-corrected chi connectivity index (χ0v) is 17.0. The third kappa shape index (κ3) is 3.83. The minimum Gasteiger partial charge on any atom is -0.351 e. The molecule has 142 valence electrons. The average molecular weight is 411 g/mol. The molecule has 0 aliphatic heterocycles. The second-order valence-electron chi connectivity index (χ2n) is 6.32. The second kappa shape index (κ2) is 7.57. The molecular weight excluding hydrogens is 392 g/mol. The van der Waals surface area contributed by atoms with Crippen LogP contribution in [0.3, 0.4) is 0 Å². The summed E-state index contributed by atoms with van der Waals surface area (Å²) in [4.78, 5) is 34.5. The molecule has 0 fully saturated rings. The zero-order valence-electron chi connectivity index (χ0n) is 15.3. The van der Waals surface area contributed by atoms with Crippen LogP contribution in [0.5, 0.6) is 0 Å². The van der Waals surface area contributed by atoms with Crippen LogP contribution in [0, 0.1) is 6.92 Å². The number of hydrogen-bond donors (Lipinski definition) is 3. The van der Waals surface area contributed by atoms with Crippen molar-refractivity contribution >= 4 is 50.5 Å². The second-order valence-corrected chi connectivity index (χ2v) is 8.70. The molecule has 0 unspecified atom stereocenters. The van der Waals surface area contributed by atoms with Crippen LogP contribution in [0.1, 0.15) is 27.2 Å². The predicted molar refractivity (Wildman–Crippen MR) is 114 cm³/mol. The number of thiazole rings is 1. The SMILES string of the molecule is CC(=O)NCc1ccc(-c2nc(NC(=O)c3cc4ccccc4[nH]3)sc2C)s1. The van der Waals surface area contributed by atoms with Gasteiger partial charge >= 0.3 is 0 Å². The van der Waals surface area contributed by atoms with E-state index in [2.05, 4.69) is 20.6 Å². The molecule has 6 nitrogen and oxygen atoms in total. The van der Waals surface area contributed by atoms with Crippen LogP contribution in [0.4, 0.5) is 5.13 Å². The molecule has 8 heteroatoms. The minimum absolute atomic E-state index is 0.0539. The quantitative estimate of drug-likeness (QED) is 0.451. The van der Waals surface area contributed by atoms with Gasteiger partial charge < -0.3 is 10.3 Å². The van der Waals surface area contributed by atoms with Crippen LogP contribution in [0.2, 0.25) is 0 Å². The zero-order chi connectivity index (χ0) is 19.7. The summed E-state index contributed by atoms with van der Waals surface area (Å²) in [6, 6.07) is 13.6. The summed E-state index contributed by atoms with van der Waals surface area (Å²) >= 11 is 3.03. The van der Waals surface area contributed by atoms with Gasteiger partial charge in [0, 0.05) is 27.6 Å². The number of hydrogen-bond acceptors (Lipinski definition) is 5. The molecule has 2 amide bonds. The van der Waals surface area contributed by atoms with Crippen molar-refractivity contribution in [3.8, 4) is 10.6 Å². The Balaban J connectivity index is 1.51. The molecule has 3 aromatic heterocycles. The van der Waals surface area contributed by atoms with E-state index < -0.39 is 0 Å². The largest absolute Gasteiger partial charge is 0.351 e. The Kier molecular flexibility index (Phi) is 4.97. The van der Waals surface area contributed by atoms with Gasteiger partial charge in [0.1, 0.15) is 5.69 Å². The molecule has 0 aliphatic rings. The van der Waals surface area contributed by atoms with Gasteiger partial charge in [-0.1, -0.05) is 18.2 Å². The lowest BCUT2D eigenvalue weighted by molar-refractivity contribution is -0.119. The molecule has 0 aliphatic carbocycles. The van der Waals surface area contributed by atoms with Crippen LogP contribution >= 0.6 is 22.7 Å². The number of fused-ring (bicyclic) bond motifs is 1. The van der Waals surface area contributed by atoms with Crippen molar-refractivity contribution in [1.82, 2.24) is 15.3 Å². The minimum atomic E-state index is -0.214. The van der Waals surface area contributed by atoms with E-state index in [-0.39, 0.29) is 11.8 Å². The van der Waals surface area contributed by atoms with E-state index in [1.165, 1.54) is 18.3 Å². The standard InChI is InChI=1S/C20H18N4O2S2/c1-11-18(17-8-7-14(28-17)10-21-12(2)25)23-20(27-11)24-19(26)16-9-13-5-3-4-6-15(13)22-16/h3-9,22H,10H2,1-2H3,(H,21,25)(H,23,24,26). The van der Waals surface area contributed by atoms with Crippen molar-refractivity contribution in [2.75, 3.05) is 5.32 Å². The Morgan fingerprint density at radius 3 is 2.75 bits per heavy atom. The molecule has 0 radical (unpaired) electrons. The lowest BCUT2D eigenvalue weighted by Crippen LogP contribution is -2.17. The fourth-order valence-corrected chi connectivity index (χ4v) is 4.73. The van der Waals surface area contributed by atoms with Gasteiger partial charge in [0.15, 0.2) is 5.13 Å². The number of amides is 2. The van der Waals surface area contributed by atoms with Crippen molar-refractivity contribution in [1.29, 1.82) is 0 Å². The van der Waals surface area contributed by atoms with E-state index in [0.717, 1.165) is 31.2 Å². The van der Waals surface area contributed by atoms with Gasteiger partial charge in [-0.2, -0.15) is 0 Å². The molecule has 4 rings (SSSR count). The highest BCUT2D eigenvalue weighted by molar-refractivity contribution is 7.18. The molecule has 0 spiro atoms. The molecule has 0 atom stereocenters. The summed E-state index contributed by atoms with van der Waals surface area (Å²) in [5, 5.41) is 7.23. The van der Waals surface area contributed by atoms with Gasteiger partial charge in [-0.25, -0.2) is 4.98 Å². The lowest BCUT2D eigenvalue weighted by Gasteiger charge is -1.98. The van der Waals surface area contributed by atoms with Gasteiger partial charge in [-0.05, 0) is 31.2 Å². The van der Waals surface area contributed by atoms with E-state index in [4.69, 9.17) is 0 Å². The normalized spacial score (nSPS) is 10.9. The summed E-state index contributed by atoms with van der Waals surface area (Å²) in [5.41, 5.74) is 2.29. The number of rotatable bonds is 5. The van der Waals surface area contributed by atoms with E-state index in [1.807, 2.05) is 49.4 Å². The number of benzene rings is 1. The number of nitrogens with one attached hydrogen (secondary N) is 3. The summed E-state index contributed by atoms with van der Waals surface area (Å²) in [7, 11) is 0. The Morgan fingerprint density at radius 1 is 1.14 bits per heavy atom. The van der Waals surface area contributed by atoms with E-state index in [9.17, 15) is 9.59 Å². The fraction of sp³-hybridized carbons (Fsp3) is 0.150. The number of para-hydroxylation sites is 1. The number of carbonyl (C=O) groups is 2. The van der Waals surface area contributed by atoms with Gasteiger partial charge in [-0.15, -0.1) is 22.7 Å².